The molecule has 208 valence electrons. The van der Waals surface area contributed by atoms with Crippen LogP contribution >= 0.6 is 0 Å². The Morgan fingerprint density at radius 1 is 1.05 bits per heavy atom. The van der Waals surface area contributed by atoms with Gasteiger partial charge in [-0.1, -0.05) is 48.0 Å². The van der Waals surface area contributed by atoms with Gasteiger partial charge in [0.05, 0.1) is 18.6 Å². The van der Waals surface area contributed by atoms with Crippen LogP contribution in [-0.4, -0.2) is 55.8 Å². The van der Waals surface area contributed by atoms with Crippen LogP contribution in [-0.2, 0) is 29.5 Å². The Hall–Kier alpha value is -3.20. The van der Waals surface area contributed by atoms with Crippen molar-refractivity contribution in [3.05, 3.63) is 94.5 Å². The van der Waals surface area contributed by atoms with Crippen molar-refractivity contribution in [2.45, 2.75) is 57.6 Å². The topological polar surface area (TPSA) is 85.3 Å². The molecule has 0 spiro atoms. The standard InChI is InChI=1S/C31H39N3O4S/c1-23-9-13-29(14-10-23)39(36,37)34-17-15-25-20-26(11-12-27(25)22-34)30(35)32-16-18-33(31(2,3)4)21-24-7-6-8-28(19-24)38-5/h6-14,19-20H,15-18,21-22H2,1-5H3,(H,32,35)/p-1. The summed E-state index contributed by atoms with van der Waals surface area (Å²) in [5, 5.41) is 12.9. The summed E-state index contributed by atoms with van der Waals surface area (Å²) in [4.78, 5) is 6.97. The van der Waals surface area contributed by atoms with Gasteiger partial charge in [-0.2, -0.15) is 4.31 Å². The van der Waals surface area contributed by atoms with Crippen molar-refractivity contribution in [3.8, 4) is 5.75 Å². The van der Waals surface area contributed by atoms with Crippen molar-refractivity contribution in [3.63, 3.8) is 0 Å². The van der Waals surface area contributed by atoms with Gasteiger partial charge in [-0.15, -0.1) is 0 Å². The zero-order valence-electron chi connectivity index (χ0n) is 23.5. The summed E-state index contributed by atoms with van der Waals surface area (Å²) >= 11 is 0. The fourth-order valence-corrected chi connectivity index (χ4v) is 6.15. The number of nitrogens with zero attached hydrogens (tertiary/aromatic N) is 3. The molecule has 0 amide bonds. The highest BCUT2D eigenvalue weighted by Gasteiger charge is 2.28. The number of sulfonamides is 1. The molecule has 0 radical (unpaired) electrons. The lowest BCUT2D eigenvalue weighted by molar-refractivity contribution is -0.213. The predicted octanol–water partition coefficient (Wildman–Crippen LogP) is 4.16. The molecule has 0 atom stereocenters. The first kappa shape index (κ1) is 28.8. The smallest absolute Gasteiger partial charge is 0.243 e. The van der Waals surface area contributed by atoms with Crippen LogP contribution in [0, 0.1) is 6.92 Å². The minimum Gasteiger partial charge on any atom is -0.858 e. The quantitative estimate of drug-likeness (QED) is 0.296. The second-order valence-electron chi connectivity index (χ2n) is 11.0. The van der Waals surface area contributed by atoms with Crippen LogP contribution in [0.4, 0.5) is 0 Å². The maximum atomic E-state index is 13.1. The molecule has 1 aliphatic heterocycles. The Bertz CT molecular complexity index is 1430. The van der Waals surface area contributed by atoms with E-state index in [1.165, 1.54) is 4.31 Å². The van der Waals surface area contributed by atoms with E-state index in [4.69, 9.17) is 4.74 Å². The molecule has 7 nitrogen and oxygen atoms in total. The molecule has 0 saturated heterocycles. The van der Waals surface area contributed by atoms with Crippen molar-refractivity contribution >= 4 is 15.9 Å². The molecule has 0 N–H and O–H groups in total. The van der Waals surface area contributed by atoms with Crippen LogP contribution in [0.15, 0.2) is 76.6 Å². The third kappa shape index (κ3) is 7.06. The molecule has 3 aromatic carbocycles. The van der Waals surface area contributed by atoms with E-state index in [1.54, 1.807) is 25.3 Å². The lowest BCUT2D eigenvalue weighted by atomic mass is 9.98. The highest BCUT2D eigenvalue weighted by Crippen LogP contribution is 2.26. The third-order valence-corrected chi connectivity index (χ3v) is 9.03. The third-order valence-electron chi connectivity index (χ3n) is 7.17. The monoisotopic (exact) mass is 548 g/mol. The van der Waals surface area contributed by atoms with Gasteiger partial charge in [0.2, 0.25) is 10.0 Å². The van der Waals surface area contributed by atoms with Gasteiger partial charge in [-0.05, 0) is 86.5 Å². The Labute approximate surface area is 232 Å². The molecule has 3 aromatic rings. The predicted molar refractivity (Wildman–Crippen MR) is 153 cm³/mol. The zero-order valence-corrected chi connectivity index (χ0v) is 24.3. The molecule has 1 heterocycles. The Kier molecular flexibility index (Phi) is 8.79. The van der Waals surface area contributed by atoms with Crippen molar-refractivity contribution in [2.75, 3.05) is 26.7 Å². The average Bonchev–Trinajstić information content (AvgIpc) is 2.91. The molecule has 0 aliphatic carbocycles. The number of aryl methyl sites for hydroxylation is 1. The molecule has 0 aromatic heterocycles. The number of aliphatic imine (C=N–C) groups is 1. The van der Waals surface area contributed by atoms with E-state index in [-0.39, 0.29) is 11.4 Å². The SMILES string of the molecule is COc1cccc(CN(CCN=C([O-])c2ccc3c(c2)CCN(S(=O)(=O)c2ccc(C)cc2)C3)C(C)(C)C)c1. The molecule has 0 saturated carbocycles. The van der Waals surface area contributed by atoms with Crippen LogP contribution in [0.3, 0.4) is 0 Å². The van der Waals surface area contributed by atoms with E-state index >= 15 is 0 Å². The van der Waals surface area contributed by atoms with Gasteiger partial charge in [0.15, 0.2) is 0 Å². The molecule has 39 heavy (non-hydrogen) atoms. The number of benzene rings is 3. The van der Waals surface area contributed by atoms with Gasteiger partial charge < -0.3 is 9.84 Å². The Balaban J connectivity index is 1.42. The summed E-state index contributed by atoms with van der Waals surface area (Å²) in [6.07, 6.45) is 0.555. The maximum Gasteiger partial charge on any atom is 0.243 e. The van der Waals surface area contributed by atoms with Gasteiger partial charge in [0.1, 0.15) is 5.75 Å². The van der Waals surface area contributed by atoms with Crippen molar-refractivity contribution < 1.29 is 18.3 Å². The molecule has 0 fully saturated rings. The molecule has 0 bridgehead atoms. The van der Waals surface area contributed by atoms with Gasteiger partial charge in [-0.25, -0.2) is 8.42 Å². The molecule has 1 aliphatic rings. The molecule has 0 unspecified atom stereocenters. The second kappa shape index (κ2) is 11.9. The largest absolute Gasteiger partial charge is 0.858 e. The van der Waals surface area contributed by atoms with Crippen LogP contribution in [0.25, 0.3) is 0 Å². The molecule has 8 heteroatoms. The number of ether oxygens (including phenoxy) is 1. The highest BCUT2D eigenvalue weighted by atomic mass is 32.2. The first-order valence-electron chi connectivity index (χ1n) is 13.3. The van der Waals surface area contributed by atoms with E-state index in [0.717, 1.165) is 34.5 Å². The van der Waals surface area contributed by atoms with Crippen LogP contribution < -0.4 is 9.84 Å². The summed E-state index contributed by atoms with van der Waals surface area (Å²) in [7, 11) is -1.91. The van der Waals surface area contributed by atoms with Crippen LogP contribution in [0.1, 0.15) is 48.6 Å². The second-order valence-corrected chi connectivity index (χ2v) is 13.0. The fraction of sp³-hybridized carbons (Fsp3) is 0.387. The van der Waals surface area contributed by atoms with Gasteiger partial charge in [0, 0.05) is 31.7 Å². The highest BCUT2D eigenvalue weighted by molar-refractivity contribution is 7.89. The Morgan fingerprint density at radius 2 is 1.79 bits per heavy atom. The first-order valence-corrected chi connectivity index (χ1v) is 14.7. The summed E-state index contributed by atoms with van der Waals surface area (Å²) in [5.41, 5.74) is 4.52. The number of fused-ring (bicyclic) bond motifs is 1. The van der Waals surface area contributed by atoms with Crippen molar-refractivity contribution in [2.24, 2.45) is 4.99 Å². The van der Waals surface area contributed by atoms with Crippen molar-refractivity contribution in [1.29, 1.82) is 0 Å². The minimum atomic E-state index is -3.57. The molecular formula is C31H38N3O4S-. The number of hydrogen-bond donors (Lipinski definition) is 0. The normalized spacial score (nSPS) is 14.9. The van der Waals surface area contributed by atoms with E-state index in [1.807, 2.05) is 49.4 Å². The Morgan fingerprint density at radius 3 is 2.49 bits per heavy atom. The fourth-order valence-electron chi connectivity index (χ4n) is 4.73. The zero-order chi connectivity index (χ0) is 28.2. The molecular weight excluding hydrogens is 510 g/mol. The summed E-state index contributed by atoms with van der Waals surface area (Å²) in [6, 6.07) is 20.4. The van der Waals surface area contributed by atoms with Gasteiger partial charge >= 0.3 is 0 Å². The minimum absolute atomic E-state index is 0.0990. The number of hydrogen-bond acceptors (Lipinski definition) is 6. The van der Waals surface area contributed by atoms with Crippen LogP contribution in [0.2, 0.25) is 0 Å². The average molecular weight is 549 g/mol. The lowest BCUT2D eigenvalue weighted by Gasteiger charge is -2.35. The maximum absolute atomic E-state index is 13.1. The van der Waals surface area contributed by atoms with E-state index in [0.29, 0.717) is 43.1 Å². The summed E-state index contributed by atoms with van der Waals surface area (Å²) < 4.78 is 33.1. The molecule has 4 rings (SSSR count). The van der Waals surface area contributed by atoms with Crippen molar-refractivity contribution in [1.82, 2.24) is 9.21 Å². The summed E-state index contributed by atoms with van der Waals surface area (Å²) in [5.74, 6) is 0.576. The van der Waals surface area contributed by atoms with E-state index in [9.17, 15) is 13.5 Å². The number of methoxy groups -OCH3 is 1. The number of rotatable bonds is 9. The van der Waals surface area contributed by atoms with Gasteiger partial charge in [-0.3, -0.25) is 9.89 Å². The van der Waals surface area contributed by atoms with Gasteiger partial charge in [0.25, 0.3) is 0 Å². The summed E-state index contributed by atoms with van der Waals surface area (Å²) in [6.45, 7) is 10.8. The lowest BCUT2D eigenvalue weighted by Crippen LogP contribution is -2.42. The first-order chi connectivity index (χ1) is 18.5. The van der Waals surface area contributed by atoms with E-state index < -0.39 is 10.0 Å². The van der Waals surface area contributed by atoms with Crippen LogP contribution in [0.5, 0.6) is 5.75 Å². The van der Waals surface area contributed by atoms with E-state index in [2.05, 4.69) is 36.7 Å².